The van der Waals surface area contributed by atoms with E-state index in [0.717, 1.165) is 96.3 Å². The Morgan fingerprint density at radius 1 is 0.381 bits per heavy atom. The van der Waals surface area contributed by atoms with Crippen LogP contribution in [0.4, 0.5) is 0 Å². The van der Waals surface area contributed by atoms with Gasteiger partial charge in [0.25, 0.3) is 0 Å². The van der Waals surface area contributed by atoms with E-state index >= 15 is 0 Å². The zero-order valence-corrected chi connectivity index (χ0v) is 59.3. The smallest absolute Gasteiger partial charge is 0.220 e. The molecular weight excluding hydrogens is 1240 g/mol. The molecular formula is C78H133NO18. The van der Waals surface area contributed by atoms with Crippen LogP contribution in [0.3, 0.4) is 0 Å². The highest BCUT2D eigenvalue weighted by atomic mass is 16.8. The average molecular weight is 1370 g/mol. The first-order valence-electron chi connectivity index (χ1n) is 37.6. The van der Waals surface area contributed by atoms with Crippen molar-refractivity contribution in [2.75, 3.05) is 26.4 Å². The van der Waals surface area contributed by atoms with Gasteiger partial charge in [0.15, 0.2) is 18.9 Å². The van der Waals surface area contributed by atoms with E-state index in [1.54, 1.807) is 6.08 Å². The molecule has 0 radical (unpaired) electrons. The van der Waals surface area contributed by atoms with Gasteiger partial charge in [-0.05, 0) is 89.9 Å². The van der Waals surface area contributed by atoms with Gasteiger partial charge in [0.2, 0.25) is 5.91 Å². The molecule has 3 heterocycles. The van der Waals surface area contributed by atoms with Crippen LogP contribution in [0, 0.1) is 0 Å². The first-order valence-corrected chi connectivity index (χ1v) is 37.6. The number of carbonyl (C=O) groups excluding carboxylic acids is 1. The van der Waals surface area contributed by atoms with E-state index in [2.05, 4.69) is 116 Å². The Hall–Kier alpha value is -3.55. The van der Waals surface area contributed by atoms with Gasteiger partial charge in [-0.15, -0.1) is 0 Å². The first-order chi connectivity index (χ1) is 47.3. The van der Waals surface area contributed by atoms with Gasteiger partial charge in [-0.1, -0.05) is 258 Å². The standard InChI is InChI=1S/C78H133NO18/c1-3-5-7-9-11-13-15-17-19-21-22-23-24-25-26-27-28-29-30-31-32-33-34-35-36-37-38-40-42-44-46-48-50-52-54-56-66(84)79-61(62(83)55-53-51-49-47-45-43-41-39-20-18-16-14-12-10-8-6-4-2)60-92-76-72(90)69(87)74(64(58-81)94-76)97-78-73(91)70(88)75(65(59-82)95-78)96-77-71(89)68(86)67(85)63(57-80)93-77/h5,7,11,13,17,19,22-23,25-26,28-29,31-32,45,47,53,55,61-65,67-78,80-83,85-91H,3-4,6,8-10,12,14-16,18,20-21,24,27,30,33-44,46,48-52,54,56-60H2,1-2H3,(H,79,84)/b7-5-,13-11-,19-17-,23-22-,26-25-,29-28-,32-31-,47-45+,55-53+. The number of carbonyl (C=O) groups is 1. The molecule has 3 rings (SSSR count). The summed E-state index contributed by atoms with van der Waals surface area (Å²) in [4.78, 5) is 13.4. The van der Waals surface area contributed by atoms with Gasteiger partial charge < -0.3 is 89.9 Å². The van der Waals surface area contributed by atoms with Crippen molar-refractivity contribution in [2.45, 2.75) is 349 Å². The lowest BCUT2D eigenvalue weighted by molar-refractivity contribution is -0.379. The van der Waals surface area contributed by atoms with Crippen LogP contribution in [0.5, 0.6) is 0 Å². The lowest BCUT2D eigenvalue weighted by atomic mass is 9.96. The summed E-state index contributed by atoms with van der Waals surface area (Å²) in [6.07, 6.45) is 52.1. The van der Waals surface area contributed by atoms with Gasteiger partial charge >= 0.3 is 0 Å². The summed E-state index contributed by atoms with van der Waals surface area (Å²) in [5, 5.41) is 121. The highest BCUT2D eigenvalue weighted by Crippen LogP contribution is 2.33. The third kappa shape index (κ3) is 38.9. The van der Waals surface area contributed by atoms with Crippen molar-refractivity contribution in [3.05, 3.63) is 109 Å². The van der Waals surface area contributed by atoms with Crippen LogP contribution in [0.15, 0.2) is 109 Å². The molecule has 0 saturated carbocycles. The van der Waals surface area contributed by atoms with Crippen molar-refractivity contribution in [1.29, 1.82) is 0 Å². The number of aliphatic hydroxyl groups is 11. The van der Waals surface area contributed by atoms with Crippen LogP contribution in [0.2, 0.25) is 0 Å². The molecule has 97 heavy (non-hydrogen) atoms. The number of aliphatic hydroxyl groups excluding tert-OH is 11. The summed E-state index contributed by atoms with van der Waals surface area (Å²) >= 11 is 0. The summed E-state index contributed by atoms with van der Waals surface area (Å²) in [5.74, 6) is -0.290. The topological polar surface area (TPSA) is 307 Å². The lowest BCUT2D eigenvalue weighted by Gasteiger charge is -2.48. The first kappa shape index (κ1) is 87.7. The van der Waals surface area contributed by atoms with E-state index in [-0.39, 0.29) is 18.9 Å². The van der Waals surface area contributed by atoms with E-state index in [4.69, 9.17) is 28.4 Å². The fourth-order valence-electron chi connectivity index (χ4n) is 12.0. The van der Waals surface area contributed by atoms with Gasteiger partial charge in [0, 0.05) is 6.42 Å². The number of amides is 1. The second kappa shape index (κ2) is 58.0. The van der Waals surface area contributed by atoms with E-state index in [1.165, 1.54) is 116 Å². The summed E-state index contributed by atoms with van der Waals surface area (Å²) in [5.41, 5.74) is 0. The van der Waals surface area contributed by atoms with Crippen molar-refractivity contribution < 1.29 is 89.4 Å². The third-order valence-corrected chi connectivity index (χ3v) is 18.1. The quantitative estimate of drug-likeness (QED) is 0.0199. The molecule has 558 valence electrons. The van der Waals surface area contributed by atoms with Gasteiger partial charge in [-0.25, -0.2) is 0 Å². The molecule has 17 unspecified atom stereocenters. The Balaban J connectivity index is 1.37. The summed E-state index contributed by atoms with van der Waals surface area (Å²) in [6.45, 7) is 1.60. The van der Waals surface area contributed by atoms with Crippen LogP contribution in [0.25, 0.3) is 0 Å². The largest absolute Gasteiger partial charge is 0.394 e. The summed E-state index contributed by atoms with van der Waals surface area (Å²) in [6, 6.07) is -0.997. The molecule has 3 saturated heterocycles. The molecule has 0 aromatic rings. The molecule has 19 heteroatoms. The number of ether oxygens (including phenoxy) is 6. The number of unbranched alkanes of at least 4 members (excludes halogenated alkanes) is 25. The van der Waals surface area contributed by atoms with E-state index < -0.39 is 124 Å². The average Bonchev–Trinajstić information content (AvgIpc) is 0.792. The fraction of sp³-hybridized carbons (Fsp3) is 0.756. The number of rotatable bonds is 57. The minimum atomic E-state index is -1.99. The maximum atomic E-state index is 13.4. The van der Waals surface area contributed by atoms with Gasteiger partial charge in [-0.2, -0.15) is 0 Å². The van der Waals surface area contributed by atoms with Crippen molar-refractivity contribution >= 4 is 5.91 Å². The fourth-order valence-corrected chi connectivity index (χ4v) is 12.0. The molecule has 17 atom stereocenters. The van der Waals surface area contributed by atoms with Gasteiger partial charge in [0.05, 0.1) is 38.6 Å². The predicted molar refractivity (Wildman–Crippen MR) is 383 cm³/mol. The molecule has 12 N–H and O–H groups in total. The van der Waals surface area contributed by atoms with Crippen LogP contribution in [0.1, 0.15) is 245 Å². The Kier molecular flexibility index (Phi) is 52.4. The van der Waals surface area contributed by atoms with E-state index in [9.17, 15) is 61.0 Å². The lowest BCUT2D eigenvalue weighted by Crippen LogP contribution is -2.66. The highest BCUT2D eigenvalue weighted by Gasteiger charge is 2.53. The number of hydrogen-bond donors (Lipinski definition) is 12. The Morgan fingerprint density at radius 3 is 1.15 bits per heavy atom. The maximum Gasteiger partial charge on any atom is 0.220 e. The SMILES string of the molecule is CC/C=C\C/C=C\C/C=C\C/C=C\C/C=C\C/C=C\C/C=C\CCCCCCCCCCCCCCCC(=O)NC(COC1OC(CO)C(OC2OC(CO)C(OC3OC(CO)C(O)C(O)C3O)C(O)C2O)C(O)C1O)C(O)/C=C/CC/C=C/CCCCCCCCCCCCC. The molecule has 0 aromatic carbocycles. The molecule has 19 nitrogen and oxygen atoms in total. The summed E-state index contributed by atoms with van der Waals surface area (Å²) in [7, 11) is 0. The van der Waals surface area contributed by atoms with Crippen LogP contribution in [-0.4, -0.2) is 193 Å². The summed E-state index contributed by atoms with van der Waals surface area (Å²) < 4.78 is 34.4. The zero-order valence-electron chi connectivity index (χ0n) is 59.3. The monoisotopic (exact) mass is 1370 g/mol. The van der Waals surface area contributed by atoms with Crippen LogP contribution < -0.4 is 5.32 Å². The molecule has 0 aromatic heterocycles. The van der Waals surface area contributed by atoms with Crippen molar-refractivity contribution in [3.63, 3.8) is 0 Å². The van der Waals surface area contributed by atoms with E-state index in [0.29, 0.717) is 12.8 Å². The molecule has 3 aliphatic rings. The minimum absolute atomic E-state index is 0.228. The van der Waals surface area contributed by atoms with Gasteiger partial charge in [-0.3, -0.25) is 4.79 Å². The second-order valence-electron chi connectivity index (χ2n) is 26.4. The molecule has 0 spiro atoms. The zero-order chi connectivity index (χ0) is 70.4. The van der Waals surface area contributed by atoms with Crippen molar-refractivity contribution in [1.82, 2.24) is 5.32 Å². The predicted octanol–water partition coefficient (Wildman–Crippen LogP) is 11.4. The molecule has 0 aliphatic carbocycles. The Bertz CT molecular complexity index is 2180. The number of nitrogens with one attached hydrogen (secondary N) is 1. The molecule has 0 bridgehead atoms. The van der Waals surface area contributed by atoms with Crippen molar-refractivity contribution in [2.24, 2.45) is 0 Å². The maximum absolute atomic E-state index is 13.4. The van der Waals surface area contributed by atoms with Crippen LogP contribution in [-0.2, 0) is 33.2 Å². The molecule has 1 amide bonds. The van der Waals surface area contributed by atoms with E-state index in [1.807, 2.05) is 6.08 Å². The Labute approximate surface area is 583 Å². The normalized spacial score (nSPS) is 27.5. The molecule has 3 fully saturated rings. The minimum Gasteiger partial charge on any atom is -0.394 e. The van der Waals surface area contributed by atoms with Crippen molar-refractivity contribution in [3.8, 4) is 0 Å². The number of allylic oxidation sites excluding steroid dienone is 17. The highest BCUT2D eigenvalue weighted by molar-refractivity contribution is 5.76. The second-order valence-corrected chi connectivity index (χ2v) is 26.4. The number of hydrogen-bond acceptors (Lipinski definition) is 18. The Morgan fingerprint density at radius 2 is 0.722 bits per heavy atom. The molecule has 3 aliphatic heterocycles. The third-order valence-electron chi connectivity index (χ3n) is 18.1. The van der Waals surface area contributed by atoms with Crippen LogP contribution >= 0.6 is 0 Å². The van der Waals surface area contributed by atoms with Gasteiger partial charge in [0.1, 0.15) is 73.2 Å².